The van der Waals surface area contributed by atoms with E-state index in [4.69, 9.17) is 0 Å². The zero-order valence-corrected chi connectivity index (χ0v) is 9.18. The van der Waals surface area contributed by atoms with E-state index in [1.165, 1.54) is 38.0 Å². The number of hydrogen-bond donors (Lipinski definition) is 0. The van der Waals surface area contributed by atoms with Gasteiger partial charge in [0.05, 0.1) is 0 Å². The molecule has 0 bridgehead atoms. The Morgan fingerprint density at radius 1 is 1.23 bits per heavy atom. The van der Waals surface area contributed by atoms with Crippen molar-refractivity contribution in [3.8, 4) is 0 Å². The van der Waals surface area contributed by atoms with Gasteiger partial charge in [-0.1, -0.05) is 22.0 Å². The highest BCUT2D eigenvalue weighted by Gasteiger charge is 2.10. The van der Waals surface area contributed by atoms with E-state index >= 15 is 0 Å². The van der Waals surface area contributed by atoms with Crippen LogP contribution in [0.3, 0.4) is 0 Å². The molecule has 0 aliphatic carbocycles. The monoisotopic (exact) mass is 238 g/mol. The fourth-order valence-electron chi connectivity index (χ4n) is 1.78. The number of rotatable bonds is 1. The van der Waals surface area contributed by atoms with Crippen molar-refractivity contribution in [3.63, 3.8) is 0 Å². The number of piperidine rings is 1. The Morgan fingerprint density at radius 2 is 2.00 bits per heavy atom. The Bertz CT molecular complexity index is 279. The van der Waals surface area contributed by atoms with Crippen molar-refractivity contribution >= 4 is 21.6 Å². The summed E-state index contributed by atoms with van der Waals surface area (Å²) in [6, 6.07) is 9.36. The summed E-state index contributed by atoms with van der Waals surface area (Å²) in [4.78, 5) is 2.45. The highest BCUT2D eigenvalue weighted by atomic mass is 79.9. The van der Waals surface area contributed by atoms with E-state index in [1.54, 1.807) is 0 Å². The van der Waals surface area contributed by atoms with Crippen LogP contribution in [0.25, 0.3) is 0 Å². The molecule has 1 aromatic carbocycles. The summed E-state index contributed by atoms with van der Waals surface area (Å²) >= 11 is 3.45. The van der Waals surface area contributed by atoms with Crippen LogP contribution in [-0.2, 0) is 0 Å². The maximum absolute atomic E-state index is 3.45. The van der Waals surface area contributed by atoms with Crippen LogP contribution in [-0.4, -0.2) is 13.1 Å². The molecule has 2 rings (SSSR count). The van der Waals surface area contributed by atoms with Crippen LogP contribution in [0, 0.1) is 6.07 Å². The van der Waals surface area contributed by atoms with E-state index in [2.05, 4.69) is 39.0 Å². The Kier molecular flexibility index (Phi) is 2.89. The molecular formula is C11H13BrN. The van der Waals surface area contributed by atoms with E-state index < -0.39 is 0 Å². The van der Waals surface area contributed by atoms with Gasteiger partial charge in [-0.25, -0.2) is 0 Å². The minimum atomic E-state index is 1.05. The quantitative estimate of drug-likeness (QED) is 0.727. The van der Waals surface area contributed by atoms with Gasteiger partial charge in [-0.3, -0.25) is 0 Å². The standard InChI is InChI=1S/C11H13BrN/c12-10-5-4-6-11(9-10)13-7-2-1-3-8-13/h4,6,9H,1-3,7-8H2. The third kappa shape index (κ3) is 2.25. The van der Waals surface area contributed by atoms with Crippen LogP contribution in [0.15, 0.2) is 22.7 Å². The normalized spacial score (nSPS) is 17.5. The first-order chi connectivity index (χ1) is 6.36. The fourth-order valence-corrected chi connectivity index (χ4v) is 2.14. The molecule has 1 fully saturated rings. The van der Waals surface area contributed by atoms with E-state index in [9.17, 15) is 0 Å². The van der Waals surface area contributed by atoms with E-state index in [0.29, 0.717) is 0 Å². The number of benzene rings is 1. The van der Waals surface area contributed by atoms with Gasteiger partial charge in [-0.05, 0) is 37.5 Å². The van der Waals surface area contributed by atoms with Crippen molar-refractivity contribution in [2.24, 2.45) is 0 Å². The van der Waals surface area contributed by atoms with Crippen molar-refractivity contribution in [1.29, 1.82) is 0 Å². The average molecular weight is 239 g/mol. The zero-order valence-electron chi connectivity index (χ0n) is 7.59. The van der Waals surface area contributed by atoms with E-state index in [-0.39, 0.29) is 0 Å². The highest BCUT2D eigenvalue weighted by Crippen LogP contribution is 2.22. The van der Waals surface area contributed by atoms with Crippen molar-refractivity contribution in [1.82, 2.24) is 0 Å². The first-order valence-electron chi connectivity index (χ1n) is 4.78. The van der Waals surface area contributed by atoms with Gasteiger partial charge in [-0.2, -0.15) is 0 Å². The third-order valence-corrected chi connectivity index (χ3v) is 2.93. The summed E-state index contributed by atoms with van der Waals surface area (Å²) in [5, 5.41) is 0. The van der Waals surface area contributed by atoms with Crippen LogP contribution in [0.5, 0.6) is 0 Å². The lowest BCUT2D eigenvalue weighted by Crippen LogP contribution is -2.29. The first-order valence-corrected chi connectivity index (χ1v) is 5.58. The van der Waals surface area contributed by atoms with Crippen molar-refractivity contribution < 1.29 is 0 Å². The molecule has 1 aliphatic heterocycles. The van der Waals surface area contributed by atoms with E-state index in [0.717, 1.165) is 4.47 Å². The lowest BCUT2D eigenvalue weighted by Gasteiger charge is -2.28. The predicted molar refractivity (Wildman–Crippen MR) is 59.0 cm³/mol. The average Bonchev–Trinajstić information content (AvgIpc) is 2.19. The summed E-state index contributed by atoms with van der Waals surface area (Å²) < 4.78 is 1.05. The van der Waals surface area contributed by atoms with Gasteiger partial charge in [0, 0.05) is 23.2 Å². The molecular weight excluding hydrogens is 226 g/mol. The molecule has 1 aromatic rings. The lowest BCUT2D eigenvalue weighted by atomic mass is 10.1. The molecule has 2 heteroatoms. The Morgan fingerprint density at radius 3 is 2.69 bits per heavy atom. The topological polar surface area (TPSA) is 3.24 Å². The summed E-state index contributed by atoms with van der Waals surface area (Å²) in [7, 11) is 0. The van der Waals surface area contributed by atoms with E-state index in [1.807, 2.05) is 6.07 Å². The number of hydrogen-bond acceptors (Lipinski definition) is 1. The molecule has 1 radical (unpaired) electrons. The SMILES string of the molecule is Brc1[c]ccc(N2CCCCC2)c1. The summed E-state index contributed by atoms with van der Waals surface area (Å²) in [6.45, 7) is 2.41. The molecule has 1 saturated heterocycles. The Hall–Kier alpha value is -0.500. The van der Waals surface area contributed by atoms with Crippen LogP contribution >= 0.6 is 15.9 Å². The zero-order chi connectivity index (χ0) is 9.10. The van der Waals surface area contributed by atoms with Gasteiger partial charge in [0.15, 0.2) is 0 Å². The van der Waals surface area contributed by atoms with Gasteiger partial charge in [0.2, 0.25) is 0 Å². The second kappa shape index (κ2) is 4.14. The van der Waals surface area contributed by atoms with Crippen molar-refractivity contribution in [2.45, 2.75) is 19.3 Å². The molecule has 0 unspecified atom stereocenters. The van der Waals surface area contributed by atoms with Gasteiger partial charge in [-0.15, -0.1) is 0 Å². The van der Waals surface area contributed by atoms with Crippen molar-refractivity contribution in [2.75, 3.05) is 18.0 Å². The van der Waals surface area contributed by atoms with Crippen LogP contribution < -0.4 is 4.90 Å². The van der Waals surface area contributed by atoms with Crippen LogP contribution in [0.4, 0.5) is 5.69 Å². The van der Waals surface area contributed by atoms with Gasteiger partial charge in [0.25, 0.3) is 0 Å². The molecule has 0 atom stereocenters. The molecule has 1 heterocycles. The smallest absolute Gasteiger partial charge is 0.0377 e. The molecule has 1 aliphatic rings. The maximum Gasteiger partial charge on any atom is 0.0377 e. The minimum absolute atomic E-state index is 1.05. The number of nitrogens with zero attached hydrogens (tertiary/aromatic N) is 1. The second-order valence-electron chi connectivity index (χ2n) is 3.44. The molecule has 1 nitrogen and oxygen atoms in total. The predicted octanol–water partition coefficient (Wildman–Crippen LogP) is 3.24. The van der Waals surface area contributed by atoms with Crippen LogP contribution in [0.2, 0.25) is 0 Å². The number of anilines is 1. The van der Waals surface area contributed by atoms with Crippen molar-refractivity contribution in [3.05, 3.63) is 28.7 Å². The summed E-state index contributed by atoms with van der Waals surface area (Å²) in [5.74, 6) is 0. The summed E-state index contributed by atoms with van der Waals surface area (Å²) in [6.07, 6.45) is 4.04. The first kappa shape index (κ1) is 9.07. The Balaban J connectivity index is 2.14. The summed E-state index contributed by atoms with van der Waals surface area (Å²) in [5.41, 5.74) is 1.32. The maximum atomic E-state index is 3.45. The van der Waals surface area contributed by atoms with Gasteiger partial charge < -0.3 is 4.90 Å². The van der Waals surface area contributed by atoms with Gasteiger partial charge in [0.1, 0.15) is 0 Å². The lowest BCUT2D eigenvalue weighted by molar-refractivity contribution is 0.578. The molecule has 69 valence electrons. The molecule has 0 N–H and O–H groups in total. The molecule has 0 aromatic heterocycles. The molecule has 13 heavy (non-hydrogen) atoms. The molecule has 0 saturated carbocycles. The molecule has 0 amide bonds. The largest absolute Gasteiger partial charge is 0.372 e. The highest BCUT2D eigenvalue weighted by molar-refractivity contribution is 9.10. The van der Waals surface area contributed by atoms with Gasteiger partial charge >= 0.3 is 0 Å². The third-order valence-electron chi connectivity index (χ3n) is 2.47. The molecule has 0 spiro atoms. The minimum Gasteiger partial charge on any atom is -0.372 e. The second-order valence-corrected chi connectivity index (χ2v) is 4.30. The number of halogens is 1. The Labute approximate surface area is 87.9 Å². The van der Waals surface area contributed by atoms with Crippen LogP contribution in [0.1, 0.15) is 19.3 Å². The fraction of sp³-hybridized carbons (Fsp3) is 0.455.